The highest BCUT2D eigenvalue weighted by molar-refractivity contribution is 5.68. The Balaban J connectivity index is 1.54. The van der Waals surface area contributed by atoms with Crippen LogP contribution in [0.4, 0.5) is 0 Å². The number of fused-ring (bicyclic) bond motifs is 1. The normalized spacial score (nSPS) is 29.7. The number of benzene rings is 1. The van der Waals surface area contributed by atoms with E-state index in [4.69, 9.17) is 9.84 Å². The van der Waals surface area contributed by atoms with Crippen LogP contribution in [-0.4, -0.2) is 28.9 Å². The molecule has 2 fully saturated rings. The van der Waals surface area contributed by atoms with Gasteiger partial charge in [-0.2, -0.15) is 0 Å². The summed E-state index contributed by atoms with van der Waals surface area (Å²) in [6.45, 7) is 1.90. The number of allylic oxidation sites excluding steroid dienone is 2. The summed E-state index contributed by atoms with van der Waals surface area (Å²) in [5.41, 5.74) is 1.11. The van der Waals surface area contributed by atoms with Crippen LogP contribution in [0.15, 0.2) is 36.4 Å². The van der Waals surface area contributed by atoms with E-state index in [9.17, 15) is 9.90 Å². The van der Waals surface area contributed by atoms with Crippen LogP contribution >= 0.6 is 0 Å². The smallest absolute Gasteiger partial charge is 0.341 e. The second kappa shape index (κ2) is 8.72. The largest absolute Gasteiger partial charge is 0.482 e. The first-order valence-corrected chi connectivity index (χ1v) is 9.88. The summed E-state index contributed by atoms with van der Waals surface area (Å²) in [4.78, 5) is 10.6. The molecule has 2 saturated carbocycles. The molecule has 4 heteroatoms. The molecule has 0 bridgehead atoms. The molecular formula is C22H30O4. The van der Waals surface area contributed by atoms with E-state index >= 15 is 0 Å². The van der Waals surface area contributed by atoms with Gasteiger partial charge in [0.2, 0.25) is 0 Å². The van der Waals surface area contributed by atoms with Gasteiger partial charge in [-0.05, 0) is 67.1 Å². The summed E-state index contributed by atoms with van der Waals surface area (Å²) >= 11 is 0. The zero-order valence-electron chi connectivity index (χ0n) is 15.5. The predicted octanol–water partition coefficient (Wildman–Crippen LogP) is 4.07. The molecule has 0 spiro atoms. The van der Waals surface area contributed by atoms with E-state index in [1.807, 2.05) is 18.2 Å². The van der Waals surface area contributed by atoms with Crippen LogP contribution in [0.5, 0.6) is 5.75 Å². The van der Waals surface area contributed by atoms with Gasteiger partial charge in [-0.25, -0.2) is 4.79 Å². The standard InChI is InChI=1S/C22H30O4/c1-2-3-4-5-6-10-17-18-13-20(23)19(22(17)18)12-15-8-7-9-16(11-15)26-14-21(24)25/h6-11,17-20,22-23H,2-5,12-14H2,1H3,(H,24,25)/t17?,18-,19?,20?,22+/m0/s1. The first-order chi connectivity index (χ1) is 12.6. The maximum Gasteiger partial charge on any atom is 0.341 e. The molecule has 0 radical (unpaired) electrons. The molecule has 2 aliphatic carbocycles. The fraction of sp³-hybridized carbons (Fsp3) is 0.591. The minimum absolute atomic E-state index is 0.224. The number of ether oxygens (including phenoxy) is 1. The minimum Gasteiger partial charge on any atom is -0.482 e. The Labute approximate surface area is 155 Å². The number of rotatable bonds is 10. The average molecular weight is 358 g/mol. The molecule has 0 amide bonds. The van der Waals surface area contributed by atoms with Crippen molar-refractivity contribution >= 4 is 5.97 Å². The van der Waals surface area contributed by atoms with Gasteiger partial charge in [0.1, 0.15) is 5.75 Å². The van der Waals surface area contributed by atoms with Crippen LogP contribution in [0.3, 0.4) is 0 Å². The Morgan fingerprint density at radius 2 is 2.19 bits per heavy atom. The van der Waals surface area contributed by atoms with Crippen molar-refractivity contribution in [2.75, 3.05) is 6.61 Å². The van der Waals surface area contributed by atoms with Crippen molar-refractivity contribution in [3.8, 4) is 5.75 Å². The van der Waals surface area contributed by atoms with Crippen molar-refractivity contribution < 1.29 is 19.7 Å². The zero-order valence-corrected chi connectivity index (χ0v) is 15.5. The molecule has 2 N–H and O–H groups in total. The molecule has 3 unspecified atom stereocenters. The number of carboxylic acids is 1. The van der Waals surface area contributed by atoms with Gasteiger partial charge in [-0.3, -0.25) is 0 Å². The monoisotopic (exact) mass is 358 g/mol. The Kier molecular flexibility index (Phi) is 6.36. The maximum atomic E-state index is 10.6. The fourth-order valence-corrected chi connectivity index (χ4v) is 4.54. The molecule has 0 saturated heterocycles. The van der Waals surface area contributed by atoms with E-state index in [-0.39, 0.29) is 12.7 Å². The molecule has 4 nitrogen and oxygen atoms in total. The lowest BCUT2D eigenvalue weighted by molar-refractivity contribution is -0.139. The number of carboxylic acid groups (broad SMARTS) is 1. The lowest BCUT2D eigenvalue weighted by Crippen LogP contribution is -2.21. The van der Waals surface area contributed by atoms with Gasteiger partial charge in [-0.15, -0.1) is 0 Å². The van der Waals surface area contributed by atoms with Gasteiger partial charge in [0.15, 0.2) is 6.61 Å². The van der Waals surface area contributed by atoms with Gasteiger partial charge in [-0.1, -0.05) is 44.1 Å². The van der Waals surface area contributed by atoms with E-state index in [1.165, 1.54) is 25.7 Å². The summed E-state index contributed by atoms with van der Waals surface area (Å²) in [6.07, 6.45) is 11.2. The Hall–Kier alpha value is -1.81. The first-order valence-electron chi connectivity index (χ1n) is 9.88. The van der Waals surface area contributed by atoms with Gasteiger partial charge in [0, 0.05) is 0 Å². The van der Waals surface area contributed by atoms with Crippen molar-refractivity contribution in [2.24, 2.45) is 23.7 Å². The Bertz CT molecular complexity index is 639. The highest BCUT2D eigenvalue weighted by Crippen LogP contribution is 2.61. The van der Waals surface area contributed by atoms with Gasteiger partial charge in [0.25, 0.3) is 0 Å². The molecule has 1 aromatic rings. The highest BCUT2D eigenvalue weighted by atomic mass is 16.5. The van der Waals surface area contributed by atoms with Crippen LogP contribution in [0.2, 0.25) is 0 Å². The predicted molar refractivity (Wildman–Crippen MR) is 101 cm³/mol. The topological polar surface area (TPSA) is 66.8 Å². The number of hydrogen-bond donors (Lipinski definition) is 2. The van der Waals surface area contributed by atoms with Crippen molar-refractivity contribution in [3.05, 3.63) is 42.0 Å². The number of hydrogen-bond acceptors (Lipinski definition) is 3. The second-order valence-corrected chi connectivity index (χ2v) is 7.74. The summed E-state index contributed by atoms with van der Waals surface area (Å²) in [6, 6.07) is 7.61. The molecule has 5 atom stereocenters. The van der Waals surface area contributed by atoms with E-state index in [0.717, 1.165) is 18.4 Å². The Morgan fingerprint density at radius 1 is 1.35 bits per heavy atom. The van der Waals surface area contributed by atoms with Gasteiger partial charge in [0.05, 0.1) is 6.10 Å². The summed E-state index contributed by atoms with van der Waals surface area (Å²) in [5.74, 6) is 1.77. The number of carbonyl (C=O) groups is 1. The van der Waals surface area contributed by atoms with Crippen molar-refractivity contribution in [3.63, 3.8) is 0 Å². The molecular weight excluding hydrogens is 328 g/mol. The number of aliphatic carboxylic acids is 1. The van der Waals surface area contributed by atoms with Crippen LogP contribution in [0.25, 0.3) is 0 Å². The zero-order chi connectivity index (χ0) is 18.5. The summed E-state index contributed by atoms with van der Waals surface area (Å²) in [5, 5.41) is 19.2. The summed E-state index contributed by atoms with van der Waals surface area (Å²) in [7, 11) is 0. The molecule has 142 valence electrons. The van der Waals surface area contributed by atoms with Crippen LogP contribution < -0.4 is 4.74 Å². The van der Waals surface area contributed by atoms with Crippen molar-refractivity contribution in [1.29, 1.82) is 0 Å². The molecule has 3 rings (SSSR count). The fourth-order valence-electron chi connectivity index (χ4n) is 4.54. The molecule has 0 aliphatic heterocycles. The number of aliphatic hydroxyl groups is 1. The molecule has 0 aromatic heterocycles. The van der Waals surface area contributed by atoms with Gasteiger partial charge < -0.3 is 14.9 Å². The number of unbranched alkanes of at least 4 members (excludes halogenated alkanes) is 3. The third-order valence-corrected chi connectivity index (χ3v) is 5.86. The van der Waals surface area contributed by atoms with Crippen molar-refractivity contribution in [1.82, 2.24) is 0 Å². The quantitative estimate of drug-likeness (QED) is 0.489. The first kappa shape index (κ1) is 19.0. The van der Waals surface area contributed by atoms with Crippen LogP contribution in [-0.2, 0) is 11.2 Å². The average Bonchev–Trinajstić information content (AvgIpc) is 3.18. The molecule has 0 heterocycles. The summed E-state index contributed by atoms with van der Waals surface area (Å²) < 4.78 is 5.27. The van der Waals surface area contributed by atoms with Crippen LogP contribution in [0, 0.1) is 23.7 Å². The third-order valence-electron chi connectivity index (χ3n) is 5.86. The minimum atomic E-state index is -0.976. The maximum absolute atomic E-state index is 10.6. The van der Waals surface area contributed by atoms with Crippen molar-refractivity contribution in [2.45, 2.75) is 51.6 Å². The Morgan fingerprint density at radius 3 is 2.96 bits per heavy atom. The third kappa shape index (κ3) is 4.67. The molecule has 2 aliphatic rings. The second-order valence-electron chi connectivity index (χ2n) is 7.74. The lowest BCUT2D eigenvalue weighted by Gasteiger charge is -2.19. The SMILES string of the molecule is CCCCCC=CC1[C@H]2C(Cc3cccc(OCC(=O)O)c3)C(O)C[C@@H]12. The lowest BCUT2D eigenvalue weighted by atomic mass is 9.90. The van der Waals surface area contributed by atoms with E-state index in [0.29, 0.717) is 29.4 Å². The van der Waals surface area contributed by atoms with E-state index in [1.54, 1.807) is 6.07 Å². The highest BCUT2D eigenvalue weighted by Gasteiger charge is 2.59. The van der Waals surface area contributed by atoms with Crippen LogP contribution in [0.1, 0.15) is 44.6 Å². The molecule has 1 aromatic carbocycles. The van der Waals surface area contributed by atoms with E-state index < -0.39 is 5.97 Å². The molecule has 26 heavy (non-hydrogen) atoms. The van der Waals surface area contributed by atoms with Gasteiger partial charge >= 0.3 is 5.97 Å². The van der Waals surface area contributed by atoms with E-state index in [2.05, 4.69) is 19.1 Å². The number of aliphatic hydroxyl groups excluding tert-OH is 1.